The molecule has 2 aliphatic carbocycles. The fraction of sp³-hybridized carbons (Fsp3) is 0.500. The van der Waals surface area contributed by atoms with Crippen LogP contribution in [0.25, 0.3) is 0 Å². The van der Waals surface area contributed by atoms with E-state index in [4.69, 9.17) is 0 Å². The van der Waals surface area contributed by atoms with Crippen molar-refractivity contribution < 1.29 is 10.0 Å². The summed E-state index contributed by atoms with van der Waals surface area (Å²) in [6.07, 6.45) is 9.40. The number of phenolic OH excluding ortho intramolecular Hbond substituents is 1. The molecule has 1 N–H and O–H groups in total. The quantitative estimate of drug-likeness (QED) is 0.620. The predicted octanol–water partition coefficient (Wildman–Crippen LogP) is 4.35. The molecule has 3 atom stereocenters. The second-order valence-electron chi connectivity index (χ2n) is 8.55. The Balaban J connectivity index is 1.59. The number of anilines is 1. The Hall–Kier alpha value is -2.63. The molecule has 3 aliphatic rings. The highest BCUT2D eigenvalue weighted by molar-refractivity contribution is 5.50. The summed E-state index contributed by atoms with van der Waals surface area (Å²) < 4.78 is 0. The van der Waals surface area contributed by atoms with Gasteiger partial charge in [0.1, 0.15) is 17.8 Å². The first-order valence-corrected chi connectivity index (χ1v) is 10.3. The molecule has 2 bridgehead atoms. The van der Waals surface area contributed by atoms with Gasteiger partial charge in [-0.3, -0.25) is 10.1 Å². The third-order valence-electron chi connectivity index (χ3n) is 7.28. The van der Waals surface area contributed by atoms with Crippen LogP contribution in [0.5, 0.6) is 5.75 Å². The van der Waals surface area contributed by atoms with E-state index in [-0.39, 0.29) is 11.1 Å². The van der Waals surface area contributed by atoms with Crippen LogP contribution in [0.15, 0.2) is 36.5 Å². The summed E-state index contributed by atoms with van der Waals surface area (Å²) in [5.74, 6) is 1.75. The lowest BCUT2D eigenvalue weighted by molar-refractivity contribution is -0.385. The second-order valence-corrected chi connectivity index (χ2v) is 8.55. The van der Waals surface area contributed by atoms with Crippen LogP contribution in [-0.2, 0) is 11.8 Å². The molecule has 2 aromatic rings. The lowest BCUT2D eigenvalue weighted by Gasteiger charge is -2.53. The van der Waals surface area contributed by atoms with Gasteiger partial charge in [-0.25, -0.2) is 4.98 Å². The Morgan fingerprint density at radius 3 is 2.82 bits per heavy atom. The van der Waals surface area contributed by atoms with Gasteiger partial charge in [0.05, 0.1) is 4.92 Å². The Kier molecular flexibility index (Phi) is 4.03. The minimum absolute atomic E-state index is 0.0371. The summed E-state index contributed by atoms with van der Waals surface area (Å²) in [6.45, 7) is 0.924. The van der Waals surface area contributed by atoms with Crippen molar-refractivity contribution in [1.82, 2.24) is 4.98 Å². The molecule has 1 aromatic carbocycles. The molecule has 6 nitrogen and oxygen atoms in total. The average molecular weight is 379 g/mol. The monoisotopic (exact) mass is 379 g/mol. The Bertz CT molecular complexity index is 914. The maximum atomic E-state index is 11.0. The molecule has 0 amide bonds. The van der Waals surface area contributed by atoms with Crippen LogP contribution in [0, 0.1) is 16.0 Å². The number of aromatic nitrogens is 1. The molecule has 5 rings (SSSR count). The van der Waals surface area contributed by atoms with E-state index in [9.17, 15) is 15.2 Å². The van der Waals surface area contributed by atoms with Gasteiger partial charge >= 0.3 is 0 Å². The van der Waals surface area contributed by atoms with Crippen molar-refractivity contribution in [2.45, 2.75) is 56.4 Å². The molecule has 1 aliphatic heterocycles. The summed E-state index contributed by atoms with van der Waals surface area (Å²) >= 11 is 0. The molecule has 1 aromatic heterocycles. The highest BCUT2D eigenvalue weighted by atomic mass is 16.6. The van der Waals surface area contributed by atoms with Crippen molar-refractivity contribution in [2.24, 2.45) is 5.92 Å². The topological polar surface area (TPSA) is 79.5 Å². The molecule has 2 fully saturated rings. The van der Waals surface area contributed by atoms with Crippen molar-refractivity contribution in [3.05, 3.63) is 57.8 Å². The third kappa shape index (κ3) is 2.58. The molecule has 146 valence electrons. The lowest BCUT2D eigenvalue weighted by Crippen LogP contribution is -2.53. The van der Waals surface area contributed by atoms with E-state index in [1.807, 2.05) is 6.07 Å². The smallest absolute Gasteiger partial charge is 0.287 e. The number of hydrogen-bond donors (Lipinski definition) is 1. The molecular formula is C22H25N3O3. The maximum absolute atomic E-state index is 11.0. The number of aromatic hydroxyl groups is 1. The van der Waals surface area contributed by atoms with Gasteiger partial charge in [0.15, 0.2) is 0 Å². The molecule has 1 saturated carbocycles. The fourth-order valence-electron chi connectivity index (χ4n) is 6.18. The Labute approximate surface area is 164 Å². The minimum atomic E-state index is -0.394. The largest absolute Gasteiger partial charge is 0.508 e. The molecule has 2 heterocycles. The number of nitro groups is 1. The van der Waals surface area contributed by atoms with Gasteiger partial charge in [0, 0.05) is 24.1 Å². The summed E-state index contributed by atoms with van der Waals surface area (Å²) in [5.41, 5.74) is 2.89. The van der Waals surface area contributed by atoms with E-state index in [2.05, 4.69) is 16.0 Å². The molecule has 28 heavy (non-hydrogen) atoms. The highest BCUT2D eigenvalue weighted by Gasteiger charge is 2.52. The van der Waals surface area contributed by atoms with Crippen LogP contribution in [-0.4, -0.2) is 27.6 Å². The lowest BCUT2D eigenvalue weighted by atomic mass is 9.54. The SMILES string of the molecule is O=[N+]([O-])c1ccc(N2CCCC34CCCCC3C2Cc2ccc(O)cc24)nc1. The molecule has 0 spiro atoms. The van der Waals surface area contributed by atoms with Crippen LogP contribution in [0.3, 0.4) is 0 Å². The zero-order valence-electron chi connectivity index (χ0n) is 15.9. The van der Waals surface area contributed by atoms with E-state index >= 15 is 0 Å². The Morgan fingerprint density at radius 2 is 2.04 bits per heavy atom. The van der Waals surface area contributed by atoms with Crippen LogP contribution < -0.4 is 4.90 Å². The van der Waals surface area contributed by atoms with Gasteiger partial charge < -0.3 is 10.0 Å². The maximum Gasteiger partial charge on any atom is 0.287 e. The first-order valence-electron chi connectivity index (χ1n) is 10.3. The first-order chi connectivity index (χ1) is 13.6. The number of pyridine rings is 1. The van der Waals surface area contributed by atoms with Crippen molar-refractivity contribution in [2.75, 3.05) is 11.4 Å². The predicted molar refractivity (Wildman–Crippen MR) is 107 cm³/mol. The van der Waals surface area contributed by atoms with Crippen molar-refractivity contribution in [3.63, 3.8) is 0 Å². The molecule has 1 saturated heterocycles. The summed E-state index contributed by atoms with van der Waals surface area (Å²) in [5, 5.41) is 21.2. The van der Waals surface area contributed by atoms with Gasteiger partial charge in [0.25, 0.3) is 5.69 Å². The van der Waals surface area contributed by atoms with E-state index in [0.29, 0.717) is 17.7 Å². The normalized spacial score (nSPS) is 28.8. The van der Waals surface area contributed by atoms with Crippen LogP contribution in [0.2, 0.25) is 0 Å². The molecule has 6 heteroatoms. The van der Waals surface area contributed by atoms with Crippen LogP contribution >= 0.6 is 0 Å². The number of nitrogens with zero attached hydrogens (tertiary/aromatic N) is 3. The number of fused-ring (bicyclic) bond motifs is 1. The van der Waals surface area contributed by atoms with Gasteiger partial charge in [-0.05, 0) is 67.3 Å². The zero-order valence-corrected chi connectivity index (χ0v) is 15.9. The summed E-state index contributed by atoms with van der Waals surface area (Å²) in [7, 11) is 0. The average Bonchev–Trinajstić information content (AvgIpc) is 2.83. The molecular weight excluding hydrogens is 354 g/mol. The van der Waals surface area contributed by atoms with E-state index in [1.165, 1.54) is 43.0 Å². The van der Waals surface area contributed by atoms with Crippen LogP contribution in [0.1, 0.15) is 49.7 Å². The summed E-state index contributed by atoms with van der Waals surface area (Å²) in [4.78, 5) is 17.5. The third-order valence-corrected chi connectivity index (χ3v) is 7.28. The van der Waals surface area contributed by atoms with E-state index < -0.39 is 4.92 Å². The van der Waals surface area contributed by atoms with E-state index in [1.54, 1.807) is 18.2 Å². The number of rotatable bonds is 2. The van der Waals surface area contributed by atoms with Crippen molar-refractivity contribution in [1.29, 1.82) is 0 Å². The van der Waals surface area contributed by atoms with Crippen molar-refractivity contribution >= 4 is 11.5 Å². The fourth-order valence-corrected chi connectivity index (χ4v) is 6.18. The Morgan fingerprint density at radius 1 is 1.18 bits per heavy atom. The number of hydrogen-bond acceptors (Lipinski definition) is 5. The zero-order chi connectivity index (χ0) is 19.3. The van der Waals surface area contributed by atoms with Crippen molar-refractivity contribution in [3.8, 4) is 5.75 Å². The molecule has 0 radical (unpaired) electrons. The standard InChI is InChI=1S/C22H25N3O3/c26-17-7-5-15-12-20-18-4-1-2-9-22(18,19(15)13-17)10-3-11-24(20)21-8-6-16(14-23-21)25(27)28/h5-8,13-14,18,20,26H,1-4,9-12H2. The first kappa shape index (κ1) is 17.5. The number of phenols is 1. The second kappa shape index (κ2) is 6.47. The number of benzene rings is 1. The highest BCUT2D eigenvalue weighted by Crippen LogP contribution is 2.56. The van der Waals surface area contributed by atoms with E-state index in [0.717, 1.165) is 31.6 Å². The van der Waals surface area contributed by atoms with Gasteiger partial charge in [0.2, 0.25) is 0 Å². The van der Waals surface area contributed by atoms with Crippen LogP contribution in [0.4, 0.5) is 11.5 Å². The minimum Gasteiger partial charge on any atom is -0.508 e. The van der Waals surface area contributed by atoms with Gasteiger partial charge in [-0.1, -0.05) is 18.9 Å². The van der Waals surface area contributed by atoms with Gasteiger partial charge in [-0.2, -0.15) is 0 Å². The summed E-state index contributed by atoms with van der Waals surface area (Å²) in [6, 6.07) is 9.64. The molecule has 3 unspecified atom stereocenters. The van der Waals surface area contributed by atoms with Gasteiger partial charge in [-0.15, -0.1) is 0 Å².